The van der Waals surface area contributed by atoms with Crippen molar-refractivity contribution in [3.8, 4) is 56.3 Å². The summed E-state index contributed by atoms with van der Waals surface area (Å²) in [7, 11) is 10.2. The Morgan fingerprint density at radius 3 is 0.848 bits per heavy atom. The molecule has 5 nitrogen and oxygen atoms in total. The molecule has 0 unspecified atom stereocenters. The van der Waals surface area contributed by atoms with Crippen molar-refractivity contribution in [3.05, 3.63) is 323 Å². The predicted molar refractivity (Wildman–Crippen MR) is 634 cm³/mol. The van der Waals surface area contributed by atoms with Gasteiger partial charge in [-0.2, -0.15) is 13.7 Å². The second-order valence-corrected chi connectivity index (χ2v) is 47.7. The van der Waals surface area contributed by atoms with Crippen LogP contribution in [-0.2, 0) is 56.9 Å². The standard InChI is InChI=1S/C30H42N.2C28H38N.2C27H36N/c1-11-21(12-2)22-13-14-25-23(17-22)15-16-31(10)28(25)26-18-24(29(4,5)6)19-27(20(26)3)30(7,8)9;1-10-21(11-2)22-12-13-25-23(16-22)15-19(4)29(9)27(25)26-17-24(28(6,7)8)14-18(3)20(26)5;1-9-21(10-2)22-11-12-25-23(15-22)13-14-29(8)28(25)27-17-24(18(3)4)16-26(19(5)6)20(27)7;1-9-20(10-2)21-12-14-24-22(16-21)15-19(4)28(8)26(24)25-17-23(27(5,6)7)13-11-18(25)3;1-9-21(10-2)22-11-12-25-24(15-22)14-19(6)28(8)27(25)26-16-23(17(3)4)13-18(5)20(26)7/h13-19,21H,11-12H2,1-10H3;12-17,21H,10-11H2,1-9H3;11-19,21H,9-10H2,1-8H3;11-17,20H,9-10H2,1-8H3;11-17,21H,9-10H2,1-8H3/q5*+1/i15D,16D;15D;13D,14D;15D;14D. The second kappa shape index (κ2) is 47.6. The Balaban J connectivity index is 0.000000180. The van der Waals surface area contributed by atoms with Crippen molar-refractivity contribution in [2.75, 3.05) is 0 Å². The highest BCUT2D eigenvalue weighted by Crippen LogP contribution is 2.45. The molecule has 0 spiro atoms. The third-order valence-corrected chi connectivity index (χ3v) is 32.7. The molecule has 5 aromatic heterocycles. The molecular weight excluding hydrogens is 1750 g/mol. The van der Waals surface area contributed by atoms with Gasteiger partial charge in [-0.3, -0.25) is 0 Å². The van der Waals surface area contributed by atoms with E-state index in [-0.39, 0.29) is 34.0 Å². The smallest absolute Gasteiger partial charge is 0.200 e. The lowest BCUT2D eigenvalue weighted by Gasteiger charge is -2.28. The molecule has 0 atom stereocenters. The molecule has 0 saturated carbocycles. The zero-order chi connectivity index (χ0) is 113. The largest absolute Gasteiger partial charge is 0.220 e. The van der Waals surface area contributed by atoms with Gasteiger partial charge in [-0.15, -0.1) is 0 Å². The van der Waals surface area contributed by atoms with Crippen LogP contribution in [0.25, 0.3) is 110 Å². The summed E-state index contributed by atoms with van der Waals surface area (Å²) < 4.78 is 71.9. The van der Waals surface area contributed by atoms with Crippen molar-refractivity contribution in [3.63, 3.8) is 0 Å². The molecule has 145 heavy (non-hydrogen) atoms. The molecule has 15 rings (SSSR count). The molecule has 10 aromatic carbocycles. The third kappa shape index (κ3) is 25.3. The van der Waals surface area contributed by atoms with Gasteiger partial charge in [0.2, 0.25) is 28.5 Å². The maximum Gasteiger partial charge on any atom is 0.220 e. The monoisotopic (exact) mass is 1950 g/mol. The van der Waals surface area contributed by atoms with Crippen molar-refractivity contribution in [1.29, 1.82) is 0 Å². The van der Waals surface area contributed by atoms with E-state index in [4.69, 9.17) is 9.60 Å². The Bertz CT molecular complexity index is 7580. The minimum absolute atomic E-state index is 0.0102. The molecule has 5 heterocycles. The first-order valence-corrected chi connectivity index (χ1v) is 55.4. The van der Waals surface area contributed by atoms with Gasteiger partial charge >= 0.3 is 0 Å². The molecule has 0 fully saturated rings. The molecule has 770 valence electrons. The number of rotatable bonds is 23. The molecule has 0 saturated heterocycles. The van der Waals surface area contributed by atoms with Crippen molar-refractivity contribution in [1.82, 2.24) is 0 Å². The van der Waals surface area contributed by atoms with Crippen molar-refractivity contribution in [2.24, 2.45) is 35.2 Å². The maximum atomic E-state index is 8.86. The van der Waals surface area contributed by atoms with E-state index < -0.39 is 0 Å². The van der Waals surface area contributed by atoms with E-state index in [1.807, 2.05) is 23.2 Å². The normalized spacial score (nSPS) is 12.9. The van der Waals surface area contributed by atoms with Crippen LogP contribution in [0.15, 0.2) is 200 Å². The number of hydrogen-bond acceptors (Lipinski definition) is 0. The first kappa shape index (κ1) is 104. The van der Waals surface area contributed by atoms with Crippen molar-refractivity contribution >= 4 is 53.9 Å². The van der Waals surface area contributed by atoms with E-state index in [2.05, 4.69) is 456 Å². The average molecular weight is 1950 g/mol. The summed E-state index contributed by atoms with van der Waals surface area (Å²) >= 11 is 0. The number of nitrogens with zero attached hydrogens (tertiary/aromatic N) is 5. The Labute approximate surface area is 891 Å². The lowest BCUT2D eigenvalue weighted by molar-refractivity contribution is -0.665. The predicted octanol–water partition coefficient (Wildman–Crippen LogP) is 37.8. The van der Waals surface area contributed by atoms with Gasteiger partial charge in [-0.25, -0.2) is 9.13 Å². The first-order chi connectivity index (χ1) is 71.1. The van der Waals surface area contributed by atoms with Crippen LogP contribution in [0.2, 0.25) is 0 Å². The summed E-state index contributed by atoms with van der Waals surface area (Å²) in [5, 5.41) is 10.7. The molecule has 0 aliphatic heterocycles. The zero-order valence-corrected chi connectivity index (χ0v) is 98.4. The SMILES string of the molecule is [2H]c1c(C)[n+](C)c(-c2cc(C(C)(C)C)cc(C)c2C)c2ccc(C(CC)CC)cc12.[2H]c1c(C)[n+](C)c(-c2cc(C(C)(C)C)ccc2C)c2ccc(C(CC)CC)cc12.[2H]c1c(C)[n+](C)c(-c2cc(C(C)C)cc(C)c2C)c2ccc(C(CC)CC)cc12.[2H]c1c([2H])[n+](C)c(-c2cc(C(C)(C)C)cc(C(C)(C)C)c2C)c2ccc(C(CC)CC)cc12.[2H]c1c([2H])[n+](C)c(-c2cc(C(C)C)cc(C(C)C)c2C)c2ccc(C(CC)CC)cc12. The Hall–Kier alpha value is -10.8. The summed E-state index contributed by atoms with van der Waals surface area (Å²) in [6.07, 6.45) is 11.7. The Morgan fingerprint density at radius 1 is 0.248 bits per heavy atom. The van der Waals surface area contributed by atoms with E-state index in [1.54, 1.807) is 0 Å². The molecule has 0 radical (unpaired) electrons. The van der Waals surface area contributed by atoms with Gasteiger partial charge in [0.15, 0.2) is 29.4 Å². The molecule has 0 aliphatic rings. The summed E-state index contributed by atoms with van der Waals surface area (Å²) in [6, 6.07) is 61.7. The summed E-state index contributed by atoms with van der Waals surface area (Å²) in [4.78, 5) is 0. The van der Waals surface area contributed by atoms with Gasteiger partial charge in [-0.05, 0) is 375 Å². The minimum atomic E-state index is 0.0102. The topological polar surface area (TPSA) is 19.4 Å². The molecule has 0 bridgehead atoms. The molecule has 0 aliphatic carbocycles. The lowest BCUT2D eigenvalue weighted by Crippen LogP contribution is -2.35. The van der Waals surface area contributed by atoms with Crippen LogP contribution < -0.4 is 22.8 Å². The van der Waals surface area contributed by atoms with Crippen molar-refractivity contribution < 1.29 is 32.4 Å². The summed E-state index contributed by atoms with van der Waals surface area (Å²) in [5.41, 5.74) is 40.4. The molecule has 5 heteroatoms. The van der Waals surface area contributed by atoms with Crippen LogP contribution in [-0.4, -0.2) is 0 Å². The van der Waals surface area contributed by atoms with E-state index >= 15 is 0 Å². The fourth-order valence-corrected chi connectivity index (χ4v) is 22.2. The first-order valence-electron chi connectivity index (χ1n) is 58.9. The highest BCUT2D eigenvalue weighted by molar-refractivity contribution is 5.99. The quantitative estimate of drug-likeness (QED) is 0.0569. The van der Waals surface area contributed by atoms with E-state index in [0.717, 1.165) is 130 Å². The summed E-state index contributed by atoms with van der Waals surface area (Å²) in [5.74, 6) is 4.00. The highest BCUT2D eigenvalue weighted by Gasteiger charge is 2.33. The van der Waals surface area contributed by atoms with Gasteiger partial charge in [-0.1, -0.05) is 291 Å². The van der Waals surface area contributed by atoms with Crippen LogP contribution in [0, 0.1) is 69.2 Å². The van der Waals surface area contributed by atoms with Crippen LogP contribution in [0.4, 0.5) is 0 Å². The highest BCUT2D eigenvalue weighted by atomic mass is 15.0. The van der Waals surface area contributed by atoms with Gasteiger partial charge in [0.05, 0.1) is 61.6 Å². The lowest BCUT2D eigenvalue weighted by atomic mass is 9.76. The van der Waals surface area contributed by atoms with Gasteiger partial charge in [0, 0.05) is 51.0 Å². The maximum absolute atomic E-state index is 8.86. The third-order valence-electron chi connectivity index (χ3n) is 32.7. The molecule has 0 N–H and O–H groups in total. The number of aromatic nitrogens is 5. The van der Waals surface area contributed by atoms with Crippen LogP contribution in [0.5, 0.6) is 0 Å². The number of aryl methyl sites for hydroxylation is 3. The van der Waals surface area contributed by atoms with E-state index in [0.29, 0.717) is 77.6 Å². The number of pyridine rings is 5. The summed E-state index contributed by atoms with van der Waals surface area (Å²) in [6.45, 7) is 84.8. The minimum Gasteiger partial charge on any atom is -0.200 e. The van der Waals surface area contributed by atoms with E-state index in [1.165, 1.54) is 167 Å². The van der Waals surface area contributed by atoms with Crippen LogP contribution in [0.3, 0.4) is 0 Å². The van der Waals surface area contributed by atoms with Crippen molar-refractivity contribution in [2.45, 2.75) is 396 Å². The average Bonchev–Trinajstić information content (AvgIpc) is 0.753. The molecule has 0 amide bonds. The molecule has 15 aromatic rings. The fourth-order valence-electron chi connectivity index (χ4n) is 22.2. The fraction of sp³-hybridized carbons (Fsp3) is 0.464. The number of hydrogen-bond donors (Lipinski definition) is 0. The number of benzene rings is 10. The van der Waals surface area contributed by atoms with Gasteiger partial charge in [0.1, 0.15) is 38.0 Å². The van der Waals surface area contributed by atoms with Gasteiger partial charge < -0.3 is 0 Å². The Morgan fingerprint density at radius 2 is 0.531 bits per heavy atom. The van der Waals surface area contributed by atoms with Gasteiger partial charge in [0.25, 0.3) is 0 Å². The van der Waals surface area contributed by atoms with Crippen LogP contribution >= 0.6 is 0 Å². The molecular formula is C140H190N5+5. The number of fused-ring (bicyclic) bond motifs is 5. The van der Waals surface area contributed by atoms with Crippen LogP contribution in [0.1, 0.15) is 438 Å². The Kier molecular flexibility index (Phi) is 34.2. The second-order valence-electron chi connectivity index (χ2n) is 47.7. The van der Waals surface area contributed by atoms with E-state index in [9.17, 15) is 0 Å². The zero-order valence-electron chi connectivity index (χ0n) is 105.